The second-order valence-corrected chi connectivity index (χ2v) is 6.79. The smallest absolute Gasteiger partial charge is 0.287 e. The molecule has 2 N–H and O–H groups in total. The summed E-state index contributed by atoms with van der Waals surface area (Å²) in [6.07, 6.45) is 4.53. The van der Waals surface area contributed by atoms with Crippen molar-refractivity contribution in [2.75, 3.05) is 0 Å². The predicted molar refractivity (Wildman–Crippen MR) is 93.4 cm³/mol. The summed E-state index contributed by atoms with van der Waals surface area (Å²) in [5.41, 5.74) is 2.84. The Kier molecular flexibility index (Phi) is 4.39. The van der Waals surface area contributed by atoms with Gasteiger partial charge in [0.05, 0.1) is 0 Å². The van der Waals surface area contributed by atoms with Crippen molar-refractivity contribution in [3.05, 3.63) is 35.1 Å². The van der Waals surface area contributed by atoms with E-state index in [0.29, 0.717) is 17.8 Å². The van der Waals surface area contributed by atoms with Gasteiger partial charge >= 0.3 is 0 Å². The second kappa shape index (κ2) is 6.17. The molecule has 124 valence electrons. The third kappa shape index (κ3) is 2.86. The molecule has 3 heterocycles. The van der Waals surface area contributed by atoms with Crippen LogP contribution in [-0.2, 0) is 0 Å². The number of hydrogen-bond acceptors (Lipinski definition) is 3. The molecule has 1 aromatic heterocycles. The second-order valence-electron chi connectivity index (χ2n) is 6.79. The van der Waals surface area contributed by atoms with Crippen molar-refractivity contribution in [1.82, 2.24) is 10.6 Å². The van der Waals surface area contributed by atoms with Gasteiger partial charge in [0.15, 0.2) is 5.76 Å². The highest BCUT2D eigenvalue weighted by atomic mass is 35.5. The molecule has 1 aromatic carbocycles. The zero-order valence-electron chi connectivity index (χ0n) is 13.5. The number of para-hydroxylation sites is 1. The van der Waals surface area contributed by atoms with Gasteiger partial charge in [-0.05, 0) is 45.1 Å². The minimum Gasteiger partial charge on any atom is -0.450 e. The van der Waals surface area contributed by atoms with E-state index >= 15 is 0 Å². The number of carbonyl (C=O) groups is 1. The van der Waals surface area contributed by atoms with Crippen molar-refractivity contribution >= 4 is 29.3 Å². The summed E-state index contributed by atoms with van der Waals surface area (Å²) < 4.78 is 5.87. The van der Waals surface area contributed by atoms with Crippen LogP contribution in [0.3, 0.4) is 0 Å². The Morgan fingerprint density at radius 2 is 1.91 bits per heavy atom. The van der Waals surface area contributed by atoms with E-state index in [1.165, 1.54) is 12.8 Å². The van der Waals surface area contributed by atoms with Crippen LogP contribution in [0, 0.1) is 13.8 Å². The first-order chi connectivity index (χ1) is 10.6. The van der Waals surface area contributed by atoms with Gasteiger partial charge in [-0.1, -0.05) is 18.2 Å². The van der Waals surface area contributed by atoms with Gasteiger partial charge in [0, 0.05) is 29.1 Å². The van der Waals surface area contributed by atoms with E-state index < -0.39 is 0 Å². The highest BCUT2D eigenvalue weighted by molar-refractivity contribution is 5.99. The molecule has 2 aromatic rings. The van der Waals surface area contributed by atoms with Gasteiger partial charge in [-0.2, -0.15) is 0 Å². The number of furan rings is 1. The Hall–Kier alpha value is -1.52. The molecule has 2 atom stereocenters. The molecule has 1 amide bonds. The van der Waals surface area contributed by atoms with Crippen molar-refractivity contribution in [3.63, 3.8) is 0 Å². The maximum absolute atomic E-state index is 12.6. The fraction of sp³-hybridized carbons (Fsp3) is 0.500. The van der Waals surface area contributed by atoms with Gasteiger partial charge in [0.2, 0.25) is 0 Å². The van der Waals surface area contributed by atoms with E-state index in [1.807, 2.05) is 32.0 Å². The first-order valence-corrected chi connectivity index (χ1v) is 8.17. The van der Waals surface area contributed by atoms with Crippen LogP contribution in [0.4, 0.5) is 0 Å². The van der Waals surface area contributed by atoms with Crippen molar-refractivity contribution in [1.29, 1.82) is 0 Å². The summed E-state index contributed by atoms with van der Waals surface area (Å²) in [4.78, 5) is 12.6. The molecule has 2 aliphatic heterocycles. The lowest BCUT2D eigenvalue weighted by Crippen LogP contribution is -2.48. The van der Waals surface area contributed by atoms with Crippen LogP contribution in [0.5, 0.6) is 0 Å². The van der Waals surface area contributed by atoms with Gasteiger partial charge in [0.25, 0.3) is 5.91 Å². The van der Waals surface area contributed by atoms with Gasteiger partial charge in [-0.25, -0.2) is 0 Å². The molecular formula is C18H23ClN2O2. The highest BCUT2D eigenvalue weighted by Crippen LogP contribution is 2.29. The van der Waals surface area contributed by atoms with E-state index in [2.05, 4.69) is 10.6 Å². The SMILES string of the molecule is Cc1c(C(=O)NC2CC3CCC(C2)N3)oc2c(C)cccc12.Cl. The number of fused-ring (bicyclic) bond motifs is 3. The number of halogens is 1. The molecule has 4 nitrogen and oxygen atoms in total. The van der Waals surface area contributed by atoms with Crippen LogP contribution in [0.2, 0.25) is 0 Å². The Bertz CT molecular complexity index is 728. The number of piperidine rings is 1. The lowest BCUT2D eigenvalue weighted by molar-refractivity contribution is 0.0897. The molecule has 0 radical (unpaired) electrons. The summed E-state index contributed by atoms with van der Waals surface area (Å²) in [5.74, 6) is 0.398. The first-order valence-electron chi connectivity index (χ1n) is 8.17. The molecule has 2 bridgehead atoms. The van der Waals surface area contributed by atoms with Crippen LogP contribution in [0.25, 0.3) is 11.0 Å². The molecule has 0 saturated carbocycles. The highest BCUT2D eigenvalue weighted by Gasteiger charge is 2.34. The predicted octanol–water partition coefficient (Wildman–Crippen LogP) is 3.48. The van der Waals surface area contributed by atoms with Crippen LogP contribution in [0.1, 0.15) is 47.4 Å². The number of rotatable bonds is 2. The van der Waals surface area contributed by atoms with E-state index in [4.69, 9.17) is 4.42 Å². The van der Waals surface area contributed by atoms with Crippen molar-refractivity contribution in [2.24, 2.45) is 0 Å². The van der Waals surface area contributed by atoms with Gasteiger partial charge < -0.3 is 15.1 Å². The Morgan fingerprint density at radius 3 is 2.57 bits per heavy atom. The van der Waals surface area contributed by atoms with Crippen molar-refractivity contribution in [3.8, 4) is 0 Å². The van der Waals surface area contributed by atoms with Gasteiger partial charge in [0.1, 0.15) is 5.58 Å². The summed E-state index contributed by atoms with van der Waals surface area (Å²) in [6, 6.07) is 7.44. The quantitative estimate of drug-likeness (QED) is 0.884. The number of amides is 1. The maximum Gasteiger partial charge on any atom is 0.287 e. The van der Waals surface area contributed by atoms with Crippen molar-refractivity contribution < 1.29 is 9.21 Å². The monoisotopic (exact) mass is 334 g/mol. The van der Waals surface area contributed by atoms with E-state index in [0.717, 1.165) is 34.9 Å². The lowest BCUT2D eigenvalue weighted by atomic mass is 9.99. The molecule has 2 aliphatic rings. The lowest BCUT2D eigenvalue weighted by Gasteiger charge is -2.29. The fourth-order valence-corrected chi connectivity index (χ4v) is 4.03. The molecule has 2 unspecified atom stereocenters. The number of aryl methyl sites for hydroxylation is 2. The van der Waals surface area contributed by atoms with Crippen LogP contribution in [0.15, 0.2) is 22.6 Å². The summed E-state index contributed by atoms with van der Waals surface area (Å²) >= 11 is 0. The minimum absolute atomic E-state index is 0. The van der Waals surface area contributed by atoms with E-state index in [1.54, 1.807) is 0 Å². The van der Waals surface area contributed by atoms with E-state index in [-0.39, 0.29) is 24.4 Å². The summed E-state index contributed by atoms with van der Waals surface area (Å²) in [6.45, 7) is 3.98. The summed E-state index contributed by atoms with van der Waals surface area (Å²) in [5, 5.41) is 7.82. The molecule has 2 saturated heterocycles. The van der Waals surface area contributed by atoms with Crippen LogP contribution < -0.4 is 10.6 Å². The fourth-order valence-electron chi connectivity index (χ4n) is 4.03. The van der Waals surface area contributed by atoms with E-state index in [9.17, 15) is 4.79 Å². The molecule has 23 heavy (non-hydrogen) atoms. The Morgan fingerprint density at radius 1 is 1.22 bits per heavy atom. The maximum atomic E-state index is 12.6. The number of benzene rings is 1. The largest absolute Gasteiger partial charge is 0.450 e. The normalized spacial score (nSPS) is 26.1. The molecule has 0 aliphatic carbocycles. The zero-order chi connectivity index (χ0) is 15.3. The first kappa shape index (κ1) is 16.3. The van der Waals surface area contributed by atoms with Gasteiger partial charge in [-0.3, -0.25) is 4.79 Å². The Labute approximate surface area is 142 Å². The molecule has 2 fully saturated rings. The van der Waals surface area contributed by atoms with Crippen LogP contribution >= 0.6 is 12.4 Å². The molecular weight excluding hydrogens is 312 g/mol. The standard InChI is InChI=1S/C18H22N2O2.ClH/c1-10-4-3-5-15-11(2)17(22-16(10)15)18(21)20-14-8-12-6-7-13(9-14)19-12;/h3-5,12-14,19H,6-9H2,1-2H3,(H,20,21);1H. The number of hydrogen-bond donors (Lipinski definition) is 2. The van der Waals surface area contributed by atoms with Crippen molar-refractivity contribution in [2.45, 2.75) is 57.7 Å². The average Bonchev–Trinajstić information content (AvgIpc) is 3.01. The molecule has 5 heteroatoms. The minimum atomic E-state index is -0.0700. The average molecular weight is 335 g/mol. The number of nitrogens with one attached hydrogen (secondary N) is 2. The third-order valence-corrected chi connectivity index (χ3v) is 5.18. The van der Waals surface area contributed by atoms with Crippen LogP contribution in [-0.4, -0.2) is 24.0 Å². The topological polar surface area (TPSA) is 54.3 Å². The number of carbonyl (C=O) groups excluding carboxylic acids is 1. The third-order valence-electron chi connectivity index (χ3n) is 5.18. The summed E-state index contributed by atoms with van der Waals surface area (Å²) in [7, 11) is 0. The zero-order valence-corrected chi connectivity index (χ0v) is 14.3. The molecule has 4 rings (SSSR count). The molecule has 0 spiro atoms. The Balaban J connectivity index is 0.00000156. The van der Waals surface area contributed by atoms with Gasteiger partial charge in [-0.15, -0.1) is 12.4 Å².